The molecule has 0 saturated heterocycles. The smallest absolute Gasteiger partial charge is 0.214 e. The Kier molecular flexibility index (Phi) is 3.01. The molecule has 3 aromatic rings. The third kappa shape index (κ3) is 2.41. The van der Waals surface area contributed by atoms with Crippen LogP contribution in [-0.4, -0.2) is 20.1 Å². The Morgan fingerprint density at radius 1 is 1.15 bits per heavy atom. The van der Waals surface area contributed by atoms with Crippen LogP contribution in [0.1, 0.15) is 25.8 Å². The van der Waals surface area contributed by atoms with Gasteiger partial charge in [-0.2, -0.15) is 9.61 Å². The molecule has 0 spiro atoms. The van der Waals surface area contributed by atoms with Crippen LogP contribution >= 0.6 is 11.3 Å². The molecule has 0 aliphatic carbocycles. The van der Waals surface area contributed by atoms with E-state index >= 15 is 0 Å². The summed E-state index contributed by atoms with van der Waals surface area (Å²) in [4.78, 5) is 5.67. The second-order valence-corrected chi connectivity index (χ2v) is 7.03. The van der Waals surface area contributed by atoms with Gasteiger partial charge >= 0.3 is 0 Å². The van der Waals surface area contributed by atoms with Crippen LogP contribution < -0.4 is 5.32 Å². The lowest BCUT2D eigenvalue weighted by Gasteiger charge is -2.21. The second-order valence-electron chi connectivity index (χ2n) is 5.87. The maximum Gasteiger partial charge on any atom is 0.214 e. The van der Waals surface area contributed by atoms with Crippen molar-refractivity contribution in [1.82, 2.24) is 14.6 Å². The van der Waals surface area contributed by atoms with E-state index in [1.807, 2.05) is 29.6 Å². The molecule has 0 bridgehead atoms. The number of rotatable bonds is 2. The van der Waals surface area contributed by atoms with Crippen molar-refractivity contribution in [2.75, 3.05) is 5.32 Å². The van der Waals surface area contributed by atoms with Crippen LogP contribution in [0.2, 0.25) is 0 Å². The van der Waals surface area contributed by atoms with Gasteiger partial charge in [-0.25, -0.2) is 4.98 Å². The van der Waals surface area contributed by atoms with Crippen molar-refractivity contribution in [3.8, 4) is 11.3 Å². The molecule has 2 heterocycles. The van der Waals surface area contributed by atoms with Crippen molar-refractivity contribution in [1.29, 1.82) is 0 Å². The summed E-state index contributed by atoms with van der Waals surface area (Å²) in [5, 5.41) is 9.10. The maximum absolute atomic E-state index is 4.74. The first kappa shape index (κ1) is 13.1. The van der Waals surface area contributed by atoms with Crippen molar-refractivity contribution >= 4 is 22.1 Å². The molecular weight excluding hydrogens is 268 g/mol. The fraction of sp³-hybridized carbons (Fsp3) is 0.333. The Bertz CT molecular complexity index is 734. The topological polar surface area (TPSA) is 42.2 Å². The minimum Gasteiger partial charge on any atom is -0.364 e. The molecule has 0 fully saturated rings. The van der Waals surface area contributed by atoms with Gasteiger partial charge in [-0.3, -0.25) is 0 Å². The molecule has 2 aromatic heterocycles. The van der Waals surface area contributed by atoms with E-state index in [0.29, 0.717) is 0 Å². The highest BCUT2D eigenvalue weighted by molar-refractivity contribution is 7.16. The van der Waals surface area contributed by atoms with Gasteiger partial charge in [0.05, 0.1) is 0 Å². The summed E-state index contributed by atoms with van der Waals surface area (Å²) in [6.07, 6.45) is 0. The van der Waals surface area contributed by atoms with E-state index in [4.69, 9.17) is 4.98 Å². The maximum atomic E-state index is 4.74. The summed E-state index contributed by atoms with van der Waals surface area (Å²) < 4.78 is 1.91. The molecule has 5 heteroatoms. The molecule has 0 aliphatic rings. The Hall–Kier alpha value is -1.88. The largest absolute Gasteiger partial charge is 0.364 e. The molecule has 20 heavy (non-hydrogen) atoms. The predicted molar refractivity (Wildman–Crippen MR) is 84.4 cm³/mol. The van der Waals surface area contributed by atoms with E-state index in [1.165, 1.54) is 0 Å². The van der Waals surface area contributed by atoms with Crippen LogP contribution in [-0.2, 0) is 0 Å². The van der Waals surface area contributed by atoms with Gasteiger partial charge in [-0.15, -0.1) is 0 Å². The number of nitrogens with one attached hydrogen (secondary N) is 1. The zero-order valence-electron chi connectivity index (χ0n) is 12.1. The van der Waals surface area contributed by atoms with Crippen LogP contribution in [0.5, 0.6) is 0 Å². The van der Waals surface area contributed by atoms with E-state index in [-0.39, 0.29) is 5.54 Å². The minimum absolute atomic E-state index is 0.0446. The van der Waals surface area contributed by atoms with Crippen molar-refractivity contribution < 1.29 is 0 Å². The molecule has 0 radical (unpaired) electrons. The highest BCUT2D eigenvalue weighted by atomic mass is 32.1. The Morgan fingerprint density at radius 2 is 1.85 bits per heavy atom. The van der Waals surface area contributed by atoms with Gasteiger partial charge < -0.3 is 5.32 Å². The molecule has 4 nitrogen and oxygen atoms in total. The number of benzene rings is 1. The SMILES string of the molecule is Cc1nn2c(NC(C)(C)C)c(-c3ccccc3)nc2s1. The molecule has 0 saturated carbocycles. The van der Waals surface area contributed by atoms with Crippen LogP contribution in [0.25, 0.3) is 16.2 Å². The van der Waals surface area contributed by atoms with E-state index in [2.05, 4.69) is 43.3 Å². The second kappa shape index (κ2) is 4.59. The zero-order chi connectivity index (χ0) is 14.3. The number of aromatic nitrogens is 3. The van der Waals surface area contributed by atoms with Crippen molar-refractivity contribution in [3.63, 3.8) is 0 Å². The van der Waals surface area contributed by atoms with E-state index in [1.54, 1.807) is 11.3 Å². The van der Waals surface area contributed by atoms with Crippen molar-refractivity contribution in [2.45, 2.75) is 33.2 Å². The third-order valence-corrected chi connectivity index (χ3v) is 3.67. The fourth-order valence-electron chi connectivity index (χ4n) is 2.11. The number of fused-ring (bicyclic) bond motifs is 1. The van der Waals surface area contributed by atoms with Gasteiger partial charge in [0.15, 0.2) is 5.82 Å². The Morgan fingerprint density at radius 3 is 2.50 bits per heavy atom. The van der Waals surface area contributed by atoms with E-state index in [0.717, 1.165) is 27.0 Å². The Balaban J connectivity index is 2.21. The summed E-state index contributed by atoms with van der Waals surface area (Å²) in [5.74, 6) is 0.961. The molecule has 0 aliphatic heterocycles. The summed E-state index contributed by atoms with van der Waals surface area (Å²) in [6.45, 7) is 8.42. The molecule has 0 atom stereocenters. The average Bonchev–Trinajstić information content (AvgIpc) is 2.87. The van der Waals surface area contributed by atoms with Gasteiger partial charge in [0.25, 0.3) is 0 Å². The third-order valence-electron chi connectivity index (χ3n) is 2.85. The lowest BCUT2D eigenvalue weighted by Crippen LogP contribution is -2.27. The zero-order valence-corrected chi connectivity index (χ0v) is 13.0. The van der Waals surface area contributed by atoms with Crippen LogP contribution in [0, 0.1) is 6.92 Å². The number of hydrogen-bond acceptors (Lipinski definition) is 4. The summed E-state index contributed by atoms with van der Waals surface area (Å²) >= 11 is 1.61. The van der Waals surface area contributed by atoms with Gasteiger partial charge in [0, 0.05) is 11.1 Å². The van der Waals surface area contributed by atoms with Crippen molar-refractivity contribution in [3.05, 3.63) is 35.3 Å². The van der Waals surface area contributed by atoms with Crippen molar-refractivity contribution in [2.24, 2.45) is 0 Å². The predicted octanol–water partition coefficient (Wildman–Crippen LogP) is 3.98. The molecule has 104 valence electrons. The number of aryl methyl sites for hydroxylation is 1. The summed E-state index contributed by atoms with van der Waals surface area (Å²) in [7, 11) is 0. The van der Waals surface area contributed by atoms with Gasteiger partial charge in [0.1, 0.15) is 10.7 Å². The first-order chi connectivity index (χ1) is 9.44. The quantitative estimate of drug-likeness (QED) is 0.775. The van der Waals surface area contributed by atoms with Crippen LogP contribution in [0.3, 0.4) is 0 Å². The molecule has 1 N–H and O–H groups in total. The molecule has 0 amide bonds. The minimum atomic E-state index is -0.0446. The lowest BCUT2D eigenvalue weighted by atomic mass is 10.1. The first-order valence-electron chi connectivity index (χ1n) is 6.64. The van der Waals surface area contributed by atoms with Crippen LogP contribution in [0.15, 0.2) is 30.3 Å². The standard InChI is InChI=1S/C15H18N4S/c1-10-18-19-13(17-15(2,3)4)12(16-14(19)20-10)11-8-6-5-7-9-11/h5-9,17H,1-4H3. The van der Waals surface area contributed by atoms with Gasteiger partial charge in [0.2, 0.25) is 4.96 Å². The summed E-state index contributed by atoms with van der Waals surface area (Å²) in [5.41, 5.74) is 2.02. The Labute approximate surface area is 122 Å². The fourth-order valence-corrected chi connectivity index (χ4v) is 2.85. The normalized spacial score (nSPS) is 12.0. The van der Waals surface area contributed by atoms with Gasteiger partial charge in [-0.05, 0) is 27.7 Å². The summed E-state index contributed by atoms with van der Waals surface area (Å²) in [6, 6.07) is 10.2. The number of hydrogen-bond donors (Lipinski definition) is 1. The first-order valence-corrected chi connectivity index (χ1v) is 7.45. The lowest BCUT2D eigenvalue weighted by molar-refractivity contribution is 0.627. The molecule has 1 aromatic carbocycles. The highest BCUT2D eigenvalue weighted by Gasteiger charge is 2.21. The average molecular weight is 286 g/mol. The molecule has 0 unspecified atom stereocenters. The molecule has 3 rings (SSSR count). The molecular formula is C15H18N4S. The van der Waals surface area contributed by atoms with Gasteiger partial charge in [-0.1, -0.05) is 41.7 Å². The number of nitrogens with zero attached hydrogens (tertiary/aromatic N) is 3. The number of imidazole rings is 1. The van der Waals surface area contributed by atoms with Crippen LogP contribution in [0.4, 0.5) is 5.82 Å². The highest BCUT2D eigenvalue weighted by Crippen LogP contribution is 2.32. The van der Waals surface area contributed by atoms with E-state index in [9.17, 15) is 0 Å². The monoisotopic (exact) mass is 286 g/mol. The van der Waals surface area contributed by atoms with E-state index < -0.39 is 0 Å². The number of anilines is 1.